The molecule has 0 saturated carbocycles. The highest BCUT2D eigenvalue weighted by molar-refractivity contribution is 5.96. The van der Waals surface area contributed by atoms with E-state index in [1.54, 1.807) is 18.2 Å². The smallest absolute Gasteiger partial charge is 0.316 e. The monoisotopic (exact) mass is 321 g/mol. The van der Waals surface area contributed by atoms with E-state index in [2.05, 4.69) is 20.8 Å². The number of nitrogens with one attached hydrogen (secondary N) is 1. The lowest BCUT2D eigenvalue weighted by Crippen LogP contribution is -2.37. The van der Waals surface area contributed by atoms with Gasteiger partial charge in [-0.25, -0.2) is 0 Å². The second-order valence-corrected chi connectivity index (χ2v) is 5.42. The molecule has 0 aromatic heterocycles. The van der Waals surface area contributed by atoms with Crippen molar-refractivity contribution in [3.05, 3.63) is 62.9 Å². The number of fused-ring (bicyclic) bond motifs is 1. The quantitative estimate of drug-likeness (QED) is 0.385. The SMILES string of the molecule is Cc1ccc(C(=O)N=O)cc1-c1ccc2c(c1)=CNC(N=NN)C=2. The summed E-state index contributed by atoms with van der Waals surface area (Å²) in [5.74, 6) is 4.30. The number of aryl methyl sites for hydroxylation is 1. The highest BCUT2D eigenvalue weighted by atomic mass is 16.3. The van der Waals surface area contributed by atoms with Crippen molar-refractivity contribution < 1.29 is 4.79 Å². The number of carbonyl (C=O) groups is 1. The number of nitrogens with zero attached hydrogens (tertiary/aromatic N) is 3. The van der Waals surface area contributed by atoms with Gasteiger partial charge < -0.3 is 11.2 Å². The average Bonchev–Trinajstić information content (AvgIpc) is 2.61. The van der Waals surface area contributed by atoms with E-state index in [1.165, 1.54) is 0 Å². The van der Waals surface area contributed by atoms with Crippen LogP contribution in [0.4, 0.5) is 0 Å². The lowest BCUT2D eigenvalue weighted by Gasteiger charge is -2.12. The first kappa shape index (κ1) is 15.5. The molecule has 0 aliphatic carbocycles. The summed E-state index contributed by atoms with van der Waals surface area (Å²) in [5.41, 5.74) is 3.10. The number of hydrogen-bond acceptors (Lipinski definition) is 5. The highest BCUT2D eigenvalue weighted by Crippen LogP contribution is 2.23. The van der Waals surface area contributed by atoms with Crippen molar-refractivity contribution in [2.24, 2.45) is 21.4 Å². The molecule has 2 aromatic rings. The molecule has 0 saturated heterocycles. The Balaban J connectivity index is 2.08. The van der Waals surface area contributed by atoms with Crippen molar-refractivity contribution in [2.45, 2.75) is 13.1 Å². The molecular weight excluding hydrogens is 306 g/mol. The zero-order valence-electron chi connectivity index (χ0n) is 12.9. The van der Waals surface area contributed by atoms with E-state index in [0.717, 1.165) is 27.1 Å². The number of amides is 1. The van der Waals surface area contributed by atoms with Gasteiger partial charge in [-0.3, -0.25) is 4.79 Å². The van der Waals surface area contributed by atoms with Gasteiger partial charge >= 0.3 is 5.91 Å². The Labute approximate surface area is 137 Å². The van der Waals surface area contributed by atoms with Crippen LogP contribution in [0.15, 0.2) is 51.9 Å². The summed E-state index contributed by atoms with van der Waals surface area (Å²) < 4.78 is 0. The molecule has 3 rings (SSSR count). The van der Waals surface area contributed by atoms with Crippen LogP contribution in [0.5, 0.6) is 0 Å². The van der Waals surface area contributed by atoms with Gasteiger partial charge in [0, 0.05) is 16.9 Å². The van der Waals surface area contributed by atoms with Crippen molar-refractivity contribution in [1.82, 2.24) is 5.32 Å². The Kier molecular flexibility index (Phi) is 4.15. The van der Waals surface area contributed by atoms with Crippen LogP contribution < -0.4 is 21.6 Å². The Morgan fingerprint density at radius 3 is 2.75 bits per heavy atom. The van der Waals surface area contributed by atoms with Crippen LogP contribution in [0.25, 0.3) is 23.4 Å². The molecule has 120 valence electrons. The van der Waals surface area contributed by atoms with E-state index in [-0.39, 0.29) is 11.7 Å². The molecule has 7 heteroatoms. The highest BCUT2D eigenvalue weighted by Gasteiger charge is 2.11. The summed E-state index contributed by atoms with van der Waals surface area (Å²) in [6.45, 7) is 1.95. The molecule has 0 spiro atoms. The predicted molar refractivity (Wildman–Crippen MR) is 90.9 cm³/mol. The van der Waals surface area contributed by atoms with Crippen molar-refractivity contribution in [1.29, 1.82) is 0 Å². The average molecular weight is 321 g/mol. The normalized spacial score (nSPS) is 15.8. The lowest BCUT2D eigenvalue weighted by atomic mass is 9.96. The fourth-order valence-corrected chi connectivity index (χ4v) is 2.67. The van der Waals surface area contributed by atoms with Crippen LogP contribution in [0.3, 0.4) is 0 Å². The molecule has 1 amide bonds. The molecule has 1 aliphatic heterocycles. The Bertz CT molecular complexity index is 965. The third-order valence-corrected chi connectivity index (χ3v) is 3.90. The summed E-state index contributed by atoms with van der Waals surface area (Å²) in [5, 5.41) is 14.7. The minimum absolute atomic E-state index is 0.278. The first-order valence-corrected chi connectivity index (χ1v) is 7.29. The van der Waals surface area contributed by atoms with Gasteiger partial charge in [0.15, 0.2) is 6.17 Å². The van der Waals surface area contributed by atoms with Gasteiger partial charge in [0.25, 0.3) is 0 Å². The Hall–Kier alpha value is -3.35. The molecule has 1 unspecified atom stereocenters. The van der Waals surface area contributed by atoms with Crippen LogP contribution >= 0.6 is 0 Å². The summed E-state index contributed by atoms with van der Waals surface area (Å²) in [7, 11) is 0. The Morgan fingerprint density at radius 1 is 1.17 bits per heavy atom. The largest absolute Gasteiger partial charge is 0.365 e. The second-order valence-electron chi connectivity index (χ2n) is 5.42. The van der Waals surface area contributed by atoms with Crippen molar-refractivity contribution >= 4 is 18.2 Å². The molecule has 1 aliphatic rings. The predicted octanol–water partition coefficient (Wildman–Crippen LogP) is 1.34. The van der Waals surface area contributed by atoms with Gasteiger partial charge in [0.05, 0.1) is 0 Å². The zero-order valence-corrected chi connectivity index (χ0v) is 12.9. The van der Waals surface area contributed by atoms with Gasteiger partial charge in [-0.1, -0.05) is 23.4 Å². The van der Waals surface area contributed by atoms with Crippen molar-refractivity contribution in [3.8, 4) is 11.1 Å². The third-order valence-electron chi connectivity index (χ3n) is 3.90. The number of carbonyl (C=O) groups excluding carboxylic acids is 1. The van der Waals surface area contributed by atoms with E-state index < -0.39 is 5.91 Å². The molecule has 1 heterocycles. The van der Waals surface area contributed by atoms with Crippen LogP contribution in [0.1, 0.15) is 15.9 Å². The third kappa shape index (κ3) is 2.91. The van der Waals surface area contributed by atoms with Crippen LogP contribution in [-0.4, -0.2) is 12.1 Å². The van der Waals surface area contributed by atoms with E-state index in [4.69, 9.17) is 5.84 Å². The minimum atomic E-state index is -0.772. The number of hydrogen-bond donors (Lipinski definition) is 2. The first-order chi connectivity index (χ1) is 11.6. The fraction of sp³-hybridized carbons (Fsp3) is 0.118. The number of rotatable bonds is 3. The summed E-state index contributed by atoms with van der Waals surface area (Å²) >= 11 is 0. The van der Waals surface area contributed by atoms with Crippen LogP contribution in [0.2, 0.25) is 0 Å². The van der Waals surface area contributed by atoms with E-state index >= 15 is 0 Å². The lowest BCUT2D eigenvalue weighted by molar-refractivity contribution is 0.100. The van der Waals surface area contributed by atoms with Crippen molar-refractivity contribution in [3.63, 3.8) is 0 Å². The maximum Gasteiger partial charge on any atom is 0.316 e. The molecule has 2 aromatic carbocycles. The number of nitroso groups, excluding NO2 is 1. The van der Waals surface area contributed by atoms with Gasteiger partial charge in [-0.15, -0.1) is 10.0 Å². The zero-order chi connectivity index (χ0) is 17.1. The summed E-state index contributed by atoms with van der Waals surface area (Å²) in [6, 6.07) is 11.0. The maximum atomic E-state index is 11.5. The van der Waals surface area contributed by atoms with E-state index in [0.29, 0.717) is 0 Å². The van der Waals surface area contributed by atoms with Gasteiger partial charge in [0.2, 0.25) is 0 Å². The topological polar surface area (TPSA) is 109 Å². The molecule has 0 bridgehead atoms. The Morgan fingerprint density at radius 2 is 2.00 bits per heavy atom. The maximum absolute atomic E-state index is 11.5. The number of benzene rings is 2. The van der Waals surface area contributed by atoms with E-state index in [1.807, 2.05) is 37.4 Å². The molecule has 0 fully saturated rings. The first-order valence-electron chi connectivity index (χ1n) is 7.29. The molecule has 1 atom stereocenters. The molecular formula is C17H15N5O2. The van der Waals surface area contributed by atoms with Crippen LogP contribution in [-0.2, 0) is 0 Å². The van der Waals surface area contributed by atoms with Gasteiger partial charge in [0.1, 0.15) is 0 Å². The minimum Gasteiger partial charge on any atom is -0.365 e. The molecule has 7 nitrogen and oxygen atoms in total. The second kappa shape index (κ2) is 6.41. The van der Waals surface area contributed by atoms with Gasteiger partial charge in [-0.05, 0) is 58.3 Å². The van der Waals surface area contributed by atoms with Crippen molar-refractivity contribution in [2.75, 3.05) is 0 Å². The molecule has 24 heavy (non-hydrogen) atoms. The van der Waals surface area contributed by atoms with Crippen LogP contribution in [0, 0.1) is 11.8 Å². The number of nitrogens with two attached hydrogens (primary N) is 1. The fourth-order valence-electron chi connectivity index (χ4n) is 2.67. The van der Waals surface area contributed by atoms with E-state index in [9.17, 15) is 9.70 Å². The standard InChI is InChI=1S/C17H15N5O2/c1-10-2-3-13(17(23)21-24)7-15(10)12-5-4-11-8-16(20-22-18)19-9-14(11)6-12/h2-9,16,19H,1H3,(H2,18,20). The summed E-state index contributed by atoms with van der Waals surface area (Å²) in [6.07, 6.45) is 3.48. The molecule has 3 N–H and O–H groups in total. The van der Waals surface area contributed by atoms with Gasteiger partial charge in [-0.2, -0.15) is 0 Å². The molecule has 0 radical (unpaired) electrons. The summed E-state index contributed by atoms with van der Waals surface area (Å²) in [4.78, 5) is 22.0.